The summed E-state index contributed by atoms with van der Waals surface area (Å²) in [6, 6.07) is 16.1. The number of hydrogen-bond acceptors (Lipinski definition) is 4. The van der Waals surface area contributed by atoms with Crippen molar-refractivity contribution in [1.29, 1.82) is 0 Å². The predicted molar refractivity (Wildman–Crippen MR) is 153 cm³/mol. The summed E-state index contributed by atoms with van der Waals surface area (Å²) >= 11 is 0. The number of hydrogen-bond donors (Lipinski definition) is 2. The predicted octanol–water partition coefficient (Wildman–Crippen LogP) is 8.49. The largest absolute Gasteiger partial charge is 0.489 e. The van der Waals surface area contributed by atoms with Gasteiger partial charge in [0.2, 0.25) is 0 Å². The molecule has 0 radical (unpaired) electrons. The van der Waals surface area contributed by atoms with Crippen molar-refractivity contribution in [3.8, 4) is 5.75 Å². The first-order valence-corrected chi connectivity index (χ1v) is 13.4. The Morgan fingerprint density at radius 2 is 1.51 bits per heavy atom. The highest BCUT2D eigenvalue weighted by molar-refractivity contribution is 6.13. The Hall–Kier alpha value is -5.13. The molecule has 12 heteroatoms. The van der Waals surface area contributed by atoms with E-state index in [1.807, 2.05) is 0 Å². The quantitative estimate of drug-likeness (QED) is 0.128. The number of nitrogen functional groups attached to an aromatic ring is 1. The van der Waals surface area contributed by atoms with Crippen LogP contribution in [0.2, 0.25) is 0 Å². The van der Waals surface area contributed by atoms with Crippen LogP contribution in [0.25, 0.3) is 6.08 Å². The minimum atomic E-state index is -5.00. The van der Waals surface area contributed by atoms with Crippen LogP contribution in [0.3, 0.4) is 0 Å². The van der Waals surface area contributed by atoms with Crippen LogP contribution in [-0.2, 0) is 25.4 Å². The van der Waals surface area contributed by atoms with Gasteiger partial charge in [-0.2, -0.15) is 26.3 Å². The van der Waals surface area contributed by atoms with Gasteiger partial charge >= 0.3 is 12.4 Å². The van der Waals surface area contributed by atoms with Crippen molar-refractivity contribution < 1.29 is 45.1 Å². The summed E-state index contributed by atoms with van der Waals surface area (Å²) in [4.78, 5) is 25.6. The van der Waals surface area contributed by atoms with Crippen LogP contribution in [-0.4, -0.2) is 11.7 Å². The van der Waals surface area contributed by atoms with Crippen LogP contribution in [0.5, 0.6) is 5.75 Å². The molecule has 5 nitrogen and oxygen atoms in total. The number of anilines is 2. The van der Waals surface area contributed by atoms with E-state index < -0.39 is 41.0 Å². The molecular weight excluding hydrogens is 605 g/mol. The third kappa shape index (κ3) is 7.34. The Kier molecular flexibility index (Phi) is 8.42. The van der Waals surface area contributed by atoms with Crippen molar-refractivity contribution in [3.05, 3.63) is 129 Å². The molecule has 1 amide bonds. The van der Waals surface area contributed by atoms with Gasteiger partial charge in [-0.15, -0.1) is 0 Å². The van der Waals surface area contributed by atoms with Gasteiger partial charge in [0.15, 0.2) is 5.78 Å². The number of ketones is 1. The van der Waals surface area contributed by atoms with Crippen molar-refractivity contribution in [2.24, 2.45) is 0 Å². The van der Waals surface area contributed by atoms with Crippen LogP contribution in [0.1, 0.15) is 55.0 Å². The number of allylic oxidation sites excluding steroid dienone is 1. The molecule has 45 heavy (non-hydrogen) atoms. The molecule has 0 heterocycles. The highest BCUT2D eigenvalue weighted by atomic mass is 19.4. The maximum atomic E-state index is 13.2. The number of Topliss-reactive ketones (excluding diaryl/α,β-unsaturated/α-hetero) is 1. The fourth-order valence-electron chi connectivity index (χ4n) is 4.81. The molecule has 0 unspecified atom stereocenters. The Labute approximate surface area is 252 Å². The highest BCUT2D eigenvalue weighted by Crippen LogP contribution is 2.37. The monoisotopic (exact) mass is 628 g/mol. The van der Waals surface area contributed by atoms with Crippen LogP contribution in [0.15, 0.2) is 84.4 Å². The van der Waals surface area contributed by atoms with Crippen LogP contribution in [0, 0.1) is 5.82 Å². The molecule has 0 atom stereocenters. The maximum absolute atomic E-state index is 13.2. The molecule has 232 valence electrons. The number of carbonyl (C=O) groups excluding carboxylic acids is 2. The number of carbonyl (C=O) groups is 2. The number of amides is 1. The lowest BCUT2D eigenvalue weighted by Gasteiger charge is -2.19. The molecule has 1 aliphatic carbocycles. The number of fused-ring (bicyclic) bond motifs is 1. The van der Waals surface area contributed by atoms with Gasteiger partial charge in [0, 0.05) is 16.7 Å². The first-order valence-electron chi connectivity index (χ1n) is 13.4. The van der Waals surface area contributed by atoms with Crippen molar-refractivity contribution in [2.45, 2.75) is 31.8 Å². The normalized spacial score (nSPS) is 14.3. The maximum Gasteiger partial charge on any atom is 0.416 e. The molecule has 0 bridgehead atoms. The van der Waals surface area contributed by atoms with Crippen molar-refractivity contribution in [1.82, 2.24) is 0 Å². The summed E-state index contributed by atoms with van der Waals surface area (Å²) in [6.45, 7) is 0.127. The zero-order valence-corrected chi connectivity index (χ0v) is 23.2. The van der Waals surface area contributed by atoms with E-state index in [0.717, 1.165) is 17.7 Å². The molecule has 1 aliphatic rings. The van der Waals surface area contributed by atoms with E-state index in [0.29, 0.717) is 35.4 Å². The van der Waals surface area contributed by atoms with E-state index in [9.17, 15) is 40.3 Å². The molecule has 5 rings (SSSR count). The van der Waals surface area contributed by atoms with Gasteiger partial charge in [-0.25, -0.2) is 4.39 Å². The smallest absolute Gasteiger partial charge is 0.416 e. The summed E-state index contributed by atoms with van der Waals surface area (Å²) in [5.41, 5.74) is 4.86. The minimum Gasteiger partial charge on any atom is -0.489 e. The molecule has 0 saturated heterocycles. The molecule has 0 aliphatic heterocycles. The first kappa shape index (κ1) is 31.3. The summed E-state index contributed by atoms with van der Waals surface area (Å²) in [5.74, 6) is -1.02. The van der Waals surface area contributed by atoms with Crippen LogP contribution >= 0.6 is 0 Å². The molecule has 4 aromatic rings. The first-order chi connectivity index (χ1) is 21.2. The second-order valence-corrected chi connectivity index (χ2v) is 10.3. The van der Waals surface area contributed by atoms with Crippen molar-refractivity contribution in [3.63, 3.8) is 0 Å². The molecule has 0 spiro atoms. The molecule has 0 saturated carbocycles. The van der Waals surface area contributed by atoms with Gasteiger partial charge in [0.25, 0.3) is 5.91 Å². The second kappa shape index (κ2) is 12.1. The number of nitrogens with one attached hydrogen (secondary N) is 1. The standard InChI is InChI=1S/C33H23F7N2O3/c34-25-7-10-29(28(41)16-25)42-31(44)20-3-1-18(2-4-20)17-45-26-8-9-27-21(14-26)5-6-22(30(27)43)11-19-12-23(32(35,36)37)15-24(13-19)33(38,39)40/h1-4,7-16H,5-6,17,41H2,(H,42,44)/b22-11+. The number of aryl methyl sites for hydroxylation is 1. The van der Waals surface area contributed by atoms with Gasteiger partial charge in [0.1, 0.15) is 18.2 Å². The van der Waals surface area contributed by atoms with E-state index >= 15 is 0 Å². The molecule has 3 N–H and O–H groups in total. The third-order valence-corrected chi connectivity index (χ3v) is 7.11. The minimum absolute atomic E-state index is 0.0411. The summed E-state index contributed by atoms with van der Waals surface area (Å²) in [6.07, 6.45) is -8.49. The van der Waals surface area contributed by atoms with Crippen LogP contribution in [0.4, 0.5) is 42.1 Å². The SMILES string of the molecule is Nc1cc(F)ccc1NC(=O)c1ccc(COc2ccc3c(c2)CC/C(=C\c2cc(C(F)(F)F)cc(C(F)(F)F)c2)C3=O)cc1. The van der Waals surface area contributed by atoms with E-state index in [-0.39, 0.29) is 47.2 Å². The Morgan fingerprint density at radius 1 is 0.844 bits per heavy atom. The Morgan fingerprint density at radius 3 is 2.13 bits per heavy atom. The Balaban J connectivity index is 1.25. The average molecular weight is 629 g/mol. The lowest BCUT2D eigenvalue weighted by atomic mass is 9.85. The van der Waals surface area contributed by atoms with Gasteiger partial charge in [-0.3, -0.25) is 9.59 Å². The number of ether oxygens (including phenoxy) is 1. The van der Waals surface area contributed by atoms with Gasteiger partial charge in [-0.1, -0.05) is 12.1 Å². The van der Waals surface area contributed by atoms with E-state index in [1.165, 1.54) is 18.2 Å². The molecular formula is C33H23F7N2O3. The fraction of sp³-hybridized carbons (Fsp3) is 0.152. The van der Waals surface area contributed by atoms with E-state index in [2.05, 4.69) is 5.32 Å². The number of rotatable bonds is 6. The third-order valence-electron chi connectivity index (χ3n) is 7.11. The average Bonchev–Trinajstić information content (AvgIpc) is 2.98. The molecule has 4 aromatic carbocycles. The lowest BCUT2D eigenvalue weighted by Crippen LogP contribution is -2.15. The summed E-state index contributed by atoms with van der Waals surface area (Å²) in [7, 11) is 0. The highest BCUT2D eigenvalue weighted by Gasteiger charge is 2.37. The second-order valence-electron chi connectivity index (χ2n) is 10.3. The van der Waals surface area contributed by atoms with E-state index in [1.54, 1.807) is 36.4 Å². The molecule has 0 aromatic heterocycles. The summed E-state index contributed by atoms with van der Waals surface area (Å²) < 4.78 is 98.6. The number of nitrogens with two attached hydrogens (primary N) is 1. The lowest BCUT2D eigenvalue weighted by molar-refractivity contribution is -0.143. The zero-order chi connectivity index (χ0) is 32.5. The zero-order valence-electron chi connectivity index (χ0n) is 23.2. The Bertz CT molecular complexity index is 1780. The fourth-order valence-corrected chi connectivity index (χ4v) is 4.81. The molecule has 0 fully saturated rings. The number of halogens is 7. The van der Waals surface area contributed by atoms with Gasteiger partial charge < -0.3 is 15.8 Å². The van der Waals surface area contributed by atoms with Gasteiger partial charge in [-0.05, 0) is 102 Å². The number of benzene rings is 4. The van der Waals surface area contributed by atoms with Crippen molar-refractivity contribution in [2.75, 3.05) is 11.1 Å². The van der Waals surface area contributed by atoms with E-state index in [4.69, 9.17) is 10.5 Å². The van der Waals surface area contributed by atoms with Crippen molar-refractivity contribution >= 4 is 29.1 Å². The summed E-state index contributed by atoms with van der Waals surface area (Å²) in [5, 5.41) is 2.61. The van der Waals surface area contributed by atoms with Crippen LogP contribution < -0.4 is 15.8 Å². The topological polar surface area (TPSA) is 81.4 Å². The number of alkyl halides is 6. The van der Waals surface area contributed by atoms with Gasteiger partial charge in [0.05, 0.1) is 22.5 Å².